The Labute approximate surface area is 58.7 Å². The van der Waals surface area contributed by atoms with E-state index in [1.807, 2.05) is 0 Å². The highest BCUT2D eigenvalue weighted by Gasteiger charge is 2.28. The number of hydrogen-bond acceptors (Lipinski definition) is 0. The second kappa shape index (κ2) is 2.32. The molecule has 1 rings (SSSR count). The van der Waals surface area contributed by atoms with E-state index < -0.39 is 0 Å². The second-order valence-electron chi connectivity index (χ2n) is 3.91. The van der Waals surface area contributed by atoms with Crippen molar-refractivity contribution in [2.24, 2.45) is 11.3 Å². The van der Waals surface area contributed by atoms with E-state index in [1.54, 1.807) is 0 Å². The lowest BCUT2D eigenvalue weighted by Gasteiger charge is -2.35. The smallest absolute Gasteiger partial charge is 0.0326 e. The third-order valence-corrected chi connectivity index (χ3v) is 2.78. The summed E-state index contributed by atoms with van der Waals surface area (Å²) < 4.78 is 0. The minimum Gasteiger partial charge on any atom is -0.0617 e. The quantitative estimate of drug-likeness (QED) is 0.467. The highest BCUT2D eigenvalue weighted by molar-refractivity contribution is 4.89. The van der Waals surface area contributed by atoms with Crippen LogP contribution in [-0.4, -0.2) is 0 Å². The summed E-state index contributed by atoms with van der Waals surface area (Å²) in [6.45, 7) is 7.07. The molecular weight excluding hydrogens is 108 g/mol. The summed E-state index contributed by atoms with van der Waals surface area (Å²) in [6.07, 6.45) is 6.61. The average Bonchev–Trinajstić information content (AvgIpc) is 1.77. The Morgan fingerprint density at radius 1 is 1.44 bits per heavy atom. The summed E-state index contributed by atoms with van der Waals surface area (Å²) in [5, 5.41) is 0. The molecule has 0 N–H and O–H groups in total. The van der Waals surface area contributed by atoms with Crippen molar-refractivity contribution in [2.45, 2.75) is 40.0 Å². The maximum absolute atomic E-state index is 2.46. The minimum atomic E-state index is 0.582. The van der Waals surface area contributed by atoms with Gasteiger partial charge in [-0.1, -0.05) is 27.2 Å². The van der Waals surface area contributed by atoms with Crippen LogP contribution in [0.2, 0.25) is 0 Å². The van der Waals surface area contributed by atoms with Crippen LogP contribution in [0.3, 0.4) is 0 Å². The molecule has 0 aromatic rings. The zero-order valence-corrected chi connectivity index (χ0v) is 6.78. The summed E-state index contributed by atoms with van der Waals surface area (Å²) in [5.74, 6) is 0.825. The van der Waals surface area contributed by atoms with Crippen LogP contribution in [0.25, 0.3) is 0 Å². The highest BCUT2D eigenvalue weighted by atomic mass is 14.3. The van der Waals surface area contributed by atoms with Gasteiger partial charge in [-0.25, -0.2) is 0 Å². The van der Waals surface area contributed by atoms with Crippen LogP contribution in [0.1, 0.15) is 40.0 Å². The first-order chi connectivity index (χ1) is 4.13. The summed E-state index contributed by atoms with van der Waals surface area (Å²) in [7, 11) is 0. The van der Waals surface area contributed by atoms with Crippen LogP contribution in [0.15, 0.2) is 0 Å². The first kappa shape index (κ1) is 7.11. The molecule has 0 heteroatoms. The van der Waals surface area contributed by atoms with Gasteiger partial charge in [-0.3, -0.25) is 0 Å². The van der Waals surface area contributed by atoms with Crippen molar-refractivity contribution in [3.63, 3.8) is 0 Å². The van der Waals surface area contributed by atoms with E-state index in [1.165, 1.54) is 19.3 Å². The first-order valence-electron chi connectivity index (χ1n) is 3.96. The summed E-state index contributed by atoms with van der Waals surface area (Å²) >= 11 is 0. The topological polar surface area (TPSA) is 0 Å². The lowest BCUT2D eigenvalue weighted by molar-refractivity contribution is 0.200. The fraction of sp³-hybridized carbons (Fsp3) is 0.889. The molecular formula is C9H17. The molecule has 0 bridgehead atoms. The molecule has 1 unspecified atom stereocenters. The predicted octanol–water partition coefficient (Wildman–Crippen LogP) is 3.04. The van der Waals surface area contributed by atoms with Crippen LogP contribution in [0.4, 0.5) is 0 Å². The third-order valence-electron chi connectivity index (χ3n) is 2.78. The Kier molecular flexibility index (Phi) is 1.83. The van der Waals surface area contributed by atoms with E-state index in [4.69, 9.17) is 0 Å². The molecule has 0 aromatic carbocycles. The number of rotatable bonds is 0. The summed E-state index contributed by atoms with van der Waals surface area (Å²) in [4.78, 5) is 0. The van der Waals surface area contributed by atoms with Gasteiger partial charge < -0.3 is 0 Å². The van der Waals surface area contributed by atoms with Gasteiger partial charge in [0.05, 0.1) is 0 Å². The van der Waals surface area contributed by atoms with Crippen molar-refractivity contribution in [3.05, 3.63) is 6.42 Å². The Morgan fingerprint density at radius 3 is 2.44 bits per heavy atom. The summed E-state index contributed by atoms with van der Waals surface area (Å²) in [5.41, 5.74) is 0.582. The van der Waals surface area contributed by atoms with Gasteiger partial charge >= 0.3 is 0 Å². The molecule has 0 aliphatic heterocycles. The zero-order chi connectivity index (χ0) is 6.91. The maximum atomic E-state index is 2.46. The number of hydrogen-bond donors (Lipinski definition) is 0. The molecule has 0 saturated heterocycles. The van der Waals surface area contributed by atoms with Gasteiger partial charge in [0.1, 0.15) is 0 Å². The van der Waals surface area contributed by atoms with E-state index >= 15 is 0 Å². The molecule has 1 saturated carbocycles. The van der Waals surface area contributed by atoms with Crippen molar-refractivity contribution in [3.8, 4) is 0 Å². The van der Waals surface area contributed by atoms with E-state index in [0.29, 0.717) is 5.41 Å². The van der Waals surface area contributed by atoms with Crippen molar-refractivity contribution < 1.29 is 0 Å². The lowest BCUT2D eigenvalue weighted by atomic mass is 9.70. The van der Waals surface area contributed by atoms with Gasteiger partial charge in [-0.15, -0.1) is 0 Å². The van der Waals surface area contributed by atoms with Gasteiger partial charge in [0, 0.05) is 0 Å². The van der Waals surface area contributed by atoms with Crippen LogP contribution in [0.5, 0.6) is 0 Å². The fourth-order valence-electron chi connectivity index (χ4n) is 1.47. The Balaban J connectivity index is 2.49. The van der Waals surface area contributed by atoms with Crippen molar-refractivity contribution in [1.82, 2.24) is 0 Å². The van der Waals surface area contributed by atoms with Gasteiger partial charge in [0.15, 0.2) is 0 Å². The van der Waals surface area contributed by atoms with Crippen molar-refractivity contribution >= 4 is 0 Å². The molecule has 1 fully saturated rings. The normalized spacial score (nSPS) is 34.3. The van der Waals surface area contributed by atoms with Gasteiger partial charge in [0.25, 0.3) is 0 Å². The molecule has 9 heavy (non-hydrogen) atoms. The highest BCUT2D eigenvalue weighted by Crippen LogP contribution is 2.39. The Bertz CT molecular complexity index is 92.2. The maximum Gasteiger partial charge on any atom is -0.0326 e. The largest absolute Gasteiger partial charge is 0.0617 e. The molecule has 0 nitrogen and oxygen atoms in total. The minimum absolute atomic E-state index is 0.582. The van der Waals surface area contributed by atoms with E-state index in [2.05, 4.69) is 27.2 Å². The van der Waals surface area contributed by atoms with E-state index in [0.717, 1.165) is 5.92 Å². The van der Waals surface area contributed by atoms with E-state index in [9.17, 15) is 0 Å². The average molecular weight is 125 g/mol. The molecule has 1 aliphatic carbocycles. The predicted molar refractivity (Wildman–Crippen MR) is 41.1 cm³/mol. The molecule has 1 atom stereocenters. The fourth-order valence-corrected chi connectivity index (χ4v) is 1.47. The van der Waals surface area contributed by atoms with Crippen LogP contribution in [0, 0.1) is 17.8 Å². The monoisotopic (exact) mass is 125 g/mol. The molecule has 1 aliphatic rings. The third kappa shape index (κ3) is 1.47. The van der Waals surface area contributed by atoms with E-state index in [-0.39, 0.29) is 0 Å². The van der Waals surface area contributed by atoms with Gasteiger partial charge in [0.2, 0.25) is 0 Å². The van der Waals surface area contributed by atoms with Crippen LogP contribution >= 0.6 is 0 Å². The second-order valence-corrected chi connectivity index (χ2v) is 3.91. The molecule has 53 valence electrons. The van der Waals surface area contributed by atoms with Crippen molar-refractivity contribution in [2.75, 3.05) is 0 Å². The standard InChI is InChI=1S/C9H17/c1-8-6-4-5-7-9(8,2)3/h6,8H,4-5,7H2,1-3H3. The molecule has 0 aromatic heterocycles. The summed E-state index contributed by atoms with van der Waals surface area (Å²) in [6, 6.07) is 0. The molecule has 0 spiro atoms. The molecule has 0 heterocycles. The van der Waals surface area contributed by atoms with Gasteiger partial charge in [-0.2, -0.15) is 0 Å². The first-order valence-corrected chi connectivity index (χ1v) is 3.96. The molecule has 0 amide bonds. The SMILES string of the molecule is CC1[CH]CCCC1(C)C. The molecule has 1 radical (unpaired) electrons. The van der Waals surface area contributed by atoms with Gasteiger partial charge in [-0.05, 0) is 30.6 Å². The Hall–Kier alpha value is 0. The van der Waals surface area contributed by atoms with Crippen LogP contribution < -0.4 is 0 Å². The lowest BCUT2D eigenvalue weighted by Crippen LogP contribution is -2.25. The Morgan fingerprint density at radius 2 is 2.11 bits per heavy atom. The zero-order valence-electron chi connectivity index (χ0n) is 6.78. The van der Waals surface area contributed by atoms with Crippen molar-refractivity contribution in [1.29, 1.82) is 0 Å². The van der Waals surface area contributed by atoms with Crippen LogP contribution in [-0.2, 0) is 0 Å².